The van der Waals surface area contributed by atoms with Crippen molar-refractivity contribution in [2.24, 2.45) is 0 Å². The molecule has 3 aromatic rings. The highest BCUT2D eigenvalue weighted by Crippen LogP contribution is 2.25. The number of amides is 1. The van der Waals surface area contributed by atoms with Gasteiger partial charge >= 0.3 is 6.61 Å². The smallest absolute Gasteiger partial charge is 0.387 e. The molecule has 0 spiro atoms. The van der Waals surface area contributed by atoms with Crippen LogP contribution in [0.2, 0.25) is 0 Å². The molecule has 1 amide bonds. The van der Waals surface area contributed by atoms with Crippen LogP contribution in [-0.2, 0) is 4.79 Å². The molecule has 10 heteroatoms. The summed E-state index contributed by atoms with van der Waals surface area (Å²) >= 11 is 0. The van der Waals surface area contributed by atoms with E-state index < -0.39 is 12.7 Å². The van der Waals surface area contributed by atoms with Gasteiger partial charge in [0.15, 0.2) is 0 Å². The molecule has 2 heterocycles. The van der Waals surface area contributed by atoms with Crippen molar-refractivity contribution in [1.82, 2.24) is 19.9 Å². The Balaban J connectivity index is 1.67. The van der Waals surface area contributed by atoms with Crippen molar-refractivity contribution in [3.8, 4) is 17.0 Å². The molecule has 0 aliphatic carbocycles. The van der Waals surface area contributed by atoms with E-state index in [1.807, 2.05) is 0 Å². The molecular weight excluding hydrogens is 336 g/mol. The van der Waals surface area contributed by atoms with Crippen LogP contribution < -0.4 is 10.1 Å². The number of aromatic nitrogens is 4. The molecule has 0 aliphatic rings. The fourth-order valence-electron chi connectivity index (χ4n) is 2.04. The first-order chi connectivity index (χ1) is 12.0. The summed E-state index contributed by atoms with van der Waals surface area (Å²) in [5.41, 5.74) is 1.06. The first-order valence-corrected chi connectivity index (χ1v) is 7.20. The maximum absolute atomic E-state index is 12.1. The molecule has 2 aromatic heterocycles. The summed E-state index contributed by atoms with van der Waals surface area (Å²) in [7, 11) is 0. The highest BCUT2D eigenvalue weighted by atomic mass is 19.3. The Bertz CT molecular complexity index is 833. The maximum Gasteiger partial charge on any atom is 0.387 e. The lowest BCUT2D eigenvalue weighted by atomic mass is 10.1. The number of nitrogens with one attached hydrogen (secondary N) is 1. The summed E-state index contributed by atoms with van der Waals surface area (Å²) in [6, 6.07) is 6.83. The molecule has 8 nitrogen and oxygen atoms in total. The Kier molecular flexibility index (Phi) is 4.68. The van der Waals surface area contributed by atoms with E-state index >= 15 is 0 Å². The maximum atomic E-state index is 12.1. The zero-order valence-electron chi connectivity index (χ0n) is 13.0. The average Bonchev–Trinajstić information content (AvgIpc) is 3.26. The Morgan fingerprint density at radius 1 is 1.32 bits per heavy atom. The molecule has 1 atom stereocenters. The predicted octanol–water partition coefficient (Wildman–Crippen LogP) is 2.73. The summed E-state index contributed by atoms with van der Waals surface area (Å²) in [4.78, 5) is 15.9. The second kappa shape index (κ2) is 7.07. The van der Waals surface area contributed by atoms with E-state index in [0.29, 0.717) is 11.3 Å². The summed E-state index contributed by atoms with van der Waals surface area (Å²) in [6.45, 7) is -1.23. The summed E-state index contributed by atoms with van der Waals surface area (Å²) in [5.74, 6) is -0.161. The van der Waals surface area contributed by atoms with Crippen LogP contribution in [0.15, 0.2) is 47.5 Å². The van der Waals surface area contributed by atoms with E-state index in [9.17, 15) is 13.6 Å². The molecule has 3 rings (SSSR count). The molecule has 25 heavy (non-hydrogen) atoms. The van der Waals surface area contributed by atoms with E-state index in [1.54, 1.807) is 19.1 Å². The third kappa shape index (κ3) is 3.97. The summed E-state index contributed by atoms with van der Waals surface area (Å²) in [6.07, 6.45) is 2.76. The molecule has 130 valence electrons. The van der Waals surface area contributed by atoms with E-state index in [2.05, 4.69) is 25.3 Å². The lowest BCUT2D eigenvalue weighted by Gasteiger charge is -2.09. The molecule has 0 radical (unpaired) electrons. The van der Waals surface area contributed by atoms with Crippen LogP contribution in [0.4, 0.5) is 14.7 Å². The summed E-state index contributed by atoms with van der Waals surface area (Å²) < 4.78 is 35.0. The fourth-order valence-corrected chi connectivity index (χ4v) is 2.04. The van der Waals surface area contributed by atoms with Crippen molar-refractivity contribution in [2.75, 3.05) is 5.32 Å². The predicted molar refractivity (Wildman–Crippen MR) is 81.9 cm³/mol. The van der Waals surface area contributed by atoms with Crippen molar-refractivity contribution >= 4 is 11.8 Å². The monoisotopic (exact) mass is 349 g/mol. The van der Waals surface area contributed by atoms with Gasteiger partial charge in [0.2, 0.25) is 5.88 Å². The Labute approximate surface area is 140 Å². The van der Waals surface area contributed by atoms with Crippen LogP contribution in [-0.4, -0.2) is 32.4 Å². The normalized spacial score (nSPS) is 12.2. The largest absolute Gasteiger partial charge is 0.435 e. The van der Waals surface area contributed by atoms with Crippen LogP contribution in [0.1, 0.15) is 13.0 Å². The SMILES string of the molecule is C[C@H](C(=O)Nc1cc(-c2ccc(OC(F)F)cc2)no1)n1cncn1. The van der Waals surface area contributed by atoms with Crippen LogP contribution in [0.25, 0.3) is 11.3 Å². The van der Waals surface area contributed by atoms with Gasteiger partial charge in [0.1, 0.15) is 30.1 Å². The van der Waals surface area contributed by atoms with E-state index in [4.69, 9.17) is 4.52 Å². The number of hydrogen-bond acceptors (Lipinski definition) is 6. The van der Waals surface area contributed by atoms with Gasteiger partial charge in [0, 0.05) is 11.6 Å². The highest BCUT2D eigenvalue weighted by Gasteiger charge is 2.18. The van der Waals surface area contributed by atoms with Gasteiger partial charge in [0.05, 0.1) is 0 Å². The lowest BCUT2D eigenvalue weighted by Crippen LogP contribution is -2.23. The van der Waals surface area contributed by atoms with Crippen molar-refractivity contribution < 1.29 is 22.8 Å². The van der Waals surface area contributed by atoms with Gasteiger partial charge in [0.25, 0.3) is 5.91 Å². The number of benzene rings is 1. The van der Waals surface area contributed by atoms with Gasteiger partial charge in [-0.25, -0.2) is 9.67 Å². The third-order valence-electron chi connectivity index (χ3n) is 3.34. The van der Waals surface area contributed by atoms with Gasteiger partial charge in [-0.1, -0.05) is 5.16 Å². The number of carbonyl (C=O) groups is 1. The van der Waals surface area contributed by atoms with Crippen molar-refractivity contribution in [1.29, 1.82) is 0 Å². The second-order valence-corrected chi connectivity index (χ2v) is 5.02. The zero-order valence-corrected chi connectivity index (χ0v) is 13.0. The number of hydrogen-bond donors (Lipinski definition) is 1. The van der Waals surface area contributed by atoms with Crippen LogP contribution >= 0.6 is 0 Å². The molecule has 1 N–H and O–H groups in total. The molecule has 0 unspecified atom stereocenters. The first kappa shape index (κ1) is 16.6. The highest BCUT2D eigenvalue weighted by molar-refractivity contribution is 5.92. The minimum absolute atomic E-state index is 0.0393. The number of nitrogens with zero attached hydrogens (tertiary/aromatic N) is 4. The van der Waals surface area contributed by atoms with Gasteiger partial charge in [-0.05, 0) is 31.2 Å². The average molecular weight is 349 g/mol. The number of halogens is 2. The number of anilines is 1. The fraction of sp³-hybridized carbons (Fsp3) is 0.200. The van der Waals surface area contributed by atoms with Crippen molar-refractivity contribution in [2.45, 2.75) is 19.6 Å². The van der Waals surface area contributed by atoms with Gasteiger partial charge in [-0.15, -0.1) is 0 Å². The number of carbonyl (C=O) groups excluding carboxylic acids is 1. The number of rotatable bonds is 6. The minimum Gasteiger partial charge on any atom is -0.435 e. The van der Waals surface area contributed by atoms with Crippen LogP contribution in [0.5, 0.6) is 5.75 Å². The molecule has 0 bridgehead atoms. The van der Waals surface area contributed by atoms with Crippen LogP contribution in [0, 0.1) is 0 Å². The van der Waals surface area contributed by atoms with Gasteiger partial charge < -0.3 is 9.26 Å². The van der Waals surface area contributed by atoms with E-state index in [0.717, 1.165) is 0 Å². The lowest BCUT2D eigenvalue weighted by molar-refractivity contribution is -0.119. The van der Waals surface area contributed by atoms with Crippen molar-refractivity contribution in [3.63, 3.8) is 0 Å². The first-order valence-electron chi connectivity index (χ1n) is 7.20. The molecule has 0 fully saturated rings. The van der Waals surface area contributed by atoms with E-state index in [-0.39, 0.29) is 17.5 Å². The molecule has 0 aliphatic heterocycles. The van der Waals surface area contributed by atoms with Gasteiger partial charge in [-0.3, -0.25) is 10.1 Å². The van der Waals surface area contributed by atoms with Gasteiger partial charge in [-0.2, -0.15) is 13.9 Å². The second-order valence-electron chi connectivity index (χ2n) is 5.02. The molecule has 1 aromatic carbocycles. The Hall–Kier alpha value is -3.30. The van der Waals surface area contributed by atoms with E-state index in [1.165, 1.54) is 35.5 Å². The molecule has 0 saturated carbocycles. The summed E-state index contributed by atoms with van der Waals surface area (Å²) in [5, 5.41) is 10.3. The molecule has 0 saturated heterocycles. The number of ether oxygens (including phenoxy) is 1. The molecular formula is C15H13F2N5O3. The quantitative estimate of drug-likeness (QED) is 0.735. The number of alkyl halides is 2. The minimum atomic E-state index is -2.88. The third-order valence-corrected chi connectivity index (χ3v) is 3.34. The Morgan fingerprint density at radius 3 is 2.72 bits per heavy atom. The topological polar surface area (TPSA) is 95.1 Å². The van der Waals surface area contributed by atoms with Crippen molar-refractivity contribution in [3.05, 3.63) is 43.0 Å². The van der Waals surface area contributed by atoms with Crippen LogP contribution in [0.3, 0.4) is 0 Å². The zero-order chi connectivity index (χ0) is 17.8. The Morgan fingerprint density at radius 2 is 2.08 bits per heavy atom. The standard InChI is InChI=1S/C15H13F2N5O3/c1-9(22-8-18-7-19-22)14(23)20-13-6-12(21-25-13)10-2-4-11(5-3-10)24-15(16)17/h2-9,15H,1H3,(H,20,23)/t9-/m1/s1.